The third-order valence-corrected chi connectivity index (χ3v) is 3.75. The highest BCUT2D eigenvalue weighted by atomic mass is 32.2. The molecule has 0 bridgehead atoms. The Morgan fingerprint density at radius 3 is 2.65 bits per heavy atom. The Kier molecular flexibility index (Phi) is 5.44. The molecule has 0 amide bonds. The van der Waals surface area contributed by atoms with Crippen LogP contribution in [0.5, 0.6) is 5.75 Å². The molecule has 1 N–H and O–H groups in total. The largest absolute Gasteiger partial charge is 0.492 e. The zero-order chi connectivity index (χ0) is 14.4. The fraction of sp³-hybridized carbons (Fsp3) is 0.250. The van der Waals surface area contributed by atoms with Gasteiger partial charge in [0.25, 0.3) is 0 Å². The lowest BCUT2D eigenvalue weighted by Gasteiger charge is -2.13. The summed E-state index contributed by atoms with van der Waals surface area (Å²) in [5.74, 6) is 0.961. The van der Waals surface area contributed by atoms with Crippen molar-refractivity contribution in [1.82, 2.24) is 0 Å². The van der Waals surface area contributed by atoms with E-state index < -0.39 is 6.10 Å². The van der Waals surface area contributed by atoms with Crippen molar-refractivity contribution in [2.45, 2.75) is 17.9 Å². The van der Waals surface area contributed by atoms with Crippen LogP contribution in [0.4, 0.5) is 4.39 Å². The van der Waals surface area contributed by atoms with Crippen LogP contribution in [0, 0.1) is 5.82 Å². The highest BCUT2D eigenvalue weighted by molar-refractivity contribution is 7.99. The van der Waals surface area contributed by atoms with Crippen molar-refractivity contribution in [3.05, 3.63) is 59.9 Å². The van der Waals surface area contributed by atoms with Gasteiger partial charge in [-0.15, -0.1) is 11.8 Å². The second-order valence-electron chi connectivity index (χ2n) is 4.37. The first-order chi connectivity index (χ1) is 9.66. The van der Waals surface area contributed by atoms with Crippen LogP contribution in [-0.2, 0) is 0 Å². The van der Waals surface area contributed by atoms with Crippen LogP contribution in [-0.4, -0.2) is 17.5 Å². The fourth-order valence-electron chi connectivity index (χ4n) is 1.81. The van der Waals surface area contributed by atoms with Crippen LogP contribution < -0.4 is 4.74 Å². The number of thioether (sulfide) groups is 1. The van der Waals surface area contributed by atoms with Gasteiger partial charge in [0.15, 0.2) is 0 Å². The third kappa shape index (κ3) is 4.25. The lowest BCUT2D eigenvalue weighted by Crippen LogP contribution is -2.04. The first-order valence-electron chi connectivity index (χ1n) is 6.45. The number of hydrogen-bond donors (Lipinski definition) is 1. The van der Waals surface area contributed by atoms with Gasteiger partial charge in [0.1, 0.15) is 11.6 Å². The summed E-state index contributed by atoms with van der Waals surface area (Å²) in [6.07, 6.45) is -0.748. The Bertz CT molecular complexity index is 543. The molecule has 2 nitrogen and oxygen atoms in total. The number of hydrogen-bond acceptors (Lipinski definition) is 3. The summed E-state index contributed by atoms with van der Waals surface area (Å²) >= 11 is 1.70. The quantitative estimate of drug-likeness (QED) is 0.643. The molecule has 0 aliphatic rings. The minimum Gasteiger partial charge on any atom is -0.492 e. The second kappa shape index (κ2) is 7.31. The normalized spacial score (nSPS) is 12.2. The van der Waals surface area contributed by atoms with E-state index in [0.717, 1.165) is 5.75 Å². The fourth-order valence-corrected chi connectivity index (χ4v) is 2.56. The molecule has 2 rings (SSSR count). The topological polar surface area (TPSA) is 29.5 Å². The van der Waals surface area contributed by atoms with Crippen molar-refractivity contribution in [1.29, 1.82) is 0 Å². The lowest BCUT2D eigenvalue weighted by atomic mass is 10.1. The van der Waals surface area contributed by atoms with E-state index in [2.05, 4.69) is 0 Å². The molecule has 0 aliphatic heterocycles. The van der Waals surface area contributed by atoms with E-state index in [-0.39, 0.29) is 5.82 Å². The maximum Gasteiger partial charge on any atom is 0.125 e. The number of halogens is 1. The van der Waals surface area contributed by atoms with E-state index in [1.807, 2.05) is 30.3 Å². The smallest absolute Gasteiger partial charge is 0.125 e. The zero-order valence-electron chi connectivity index (χ0n) is 11.3. The molecule has 4 heteroatoms. The molecule has 0 spiro atoms. The summed E-state index contributed by atoms with van der Waals surface area (Å²) in [7, 11) is 0. The molecule has 0 saturated carbocycles. The van der Waals surface area contributed by atoms with Gasteiger partial charge in [-0.2, -0.15) is 0 Å². The average molecular weight is 292 g/mol. The van der Waals surface area contributed by atoms with Crippen molar-refractivity contribution in [2.24, 2.45) is 0 Å². The first-order valence-corrected chi connectivity index (χ1v) is 7.43. The van der Waals surface area contributed by atoms with Gasteiger partial charge in [0.05, 0.1) is 12.7 Å². The van der Waals surface area contributed by atoms with Crippen LogP contribution in [0.2, 0.25) is 0 Å². The van der Waals surface area contributed by atoms with Crippen LogP contribution in [0.1, 0.15) is 18.6 Å². The van der Waals surface area contributed by atoms with Crippen LogP contribution in [0.15, 0.2) is 53.4 Å². The number of aliphatic hydroxyl groups excluding tert-OH is 1. The molecule has 0 radical (unpaired) electrons. The van der Waals surface area contributed by atoms with Crippen LogP contribution in [0.3, 0.4) is 0 Å². The molecule has 0 aliphatic carbocycles. The van der Waals surface area contributed by atoms with Gasteiger partial charge in [-0.3, -0.25) is 0 Å². The minimum atomic E-state index is -0.748. The molecular formula is C16H17FO2S. The Labute approximate surface area is 122 Å². The predicted molar refractivity (Wildman–Crippen MR) is 79.7 cm³/mol. The van der Waals surface area contributed by atoms with Gasteiger partial charge in [0, 0.05) is 16.2 Å². The Morgan fingerprint density at radius 2 is 1.95 bits per heavy atom. The molecule has 0 aromatic heterocycles. The number of rotatable bonds is 6. The van der Waals surface area contributed by atoms with E-state index in [0.29, 0.717) is 17.9 Å². The lowest BCUT2D eigenvalue weighted by molar-refractivity contribution is 0.191. The van der Waals surface area contributed by atoms with Crippen molar-refractivity contribution in [2.75, 3.05) is 12.4 Å². The highest BCUT2D eigenvalue weighted by Crippen LogP contribution is 2.26. The van der Waals surface area contributed by atoms with E-state index in [9.17, 15) is 9.50 Å². The molecule has 0 fully saturated rings. The van der Waals surface area contributed by atoms with Gasteiger partial charge < -0.3 is 9.84 Å². The second-order valence-corrected chi connectivity index (χ2v) is 5.54. The van der Waals surface area contributed by atoms with E-state index in [1.54, 1.807) is 24.8 Å². The molecule has 2 aromatic rings. The van der Waals surface area contributed by atoms with E-state index >= 15 is 0 Å². The molecule has 106 valence electrons. The van der Waals surface area contributed by atoms with Gasteiger partial charge in [0.2, 0.25) is 0 Å². The number of ether oxygens (including phenoxy) is 1. The molecule has 1 atom stereocenters. The molecule has 0 saturated heterocycles. The predicted octanol–water partition coefficient (Wildman–Crippen LogP) is 4.05. The van der Waals surface area contributed by atoms with Gasteiger partial charge >= 0.3 is 0 Å². The summed E-state index contributed by atoms with van der Waals surface area (Å²) in [5.41, 5.74) is 0.481. The first kappa shape index (κ1) is 14.9. The van der Waals surface area contributed by atoms with E-state index in [4.69, 9.17) is 4.74 Å². The highest BCUT2D eigenvalue weighted by Gasteiger charge is 2.10. The third-order valence-electron chi connectivity index (χ3n) is 2.77. The maximum atomic E-state index is 13.1. The van der Waals surface area contributed by atoms with Crippen LogP contribution in [0.25, 0.3) is 0 Å². The molecular weight excluding hydrogens is 275 g/mol. The summed E-state index contributed by atoms with van der Waals surface area (Å²) in [6, 6.07) is 14.3. The van der Waals surface area contributed by atoms with Crippen molar-refractivity contribution >= 4 is 11.8 Å². The SMILES string of the molecule is C[C@H](O)c1cc(F)ccc1OCCSc1ccccc1. The standard InChI is InChI=1S/C16H17FO2S/c1-12(18)15-11-13(17)7-8-16(15)19-9-10-20-14-5-3-2-4-6-14/h2-8,11-12,18H,9-10H2,1H3/t12-/m0/s1. The van der Waals surface area contributed by atoms with Crippen molar-refractivity contribution < 1.29 is 14.2 Å². The van der Waals surface area contributed by atoms with Crippen molar-refractivity contribution in [3.63, 3.8) is 0 Å². The number of benzene rings is 2. The van der Waals surface area contributed by atoms with Crippen LogP contribution >= 0.6 is 11.8 Å². The maximum absolute atomic E-state index is 13.1. The van der Waals surface area contributed by atoms with Gasteiger partial charge in [-0.25, -0.2) is 4.39 Å². The minimum absolute atomic E-state index is 0.369. The molecule has 20 heavy (non-hydrogen) atoms. The zero-order valence-corrected chi connectivity index (χ0v) is 12.1. The Morgan fingerprint density at radius 1 is 1.20 bits per heavy atom. The molecule has 0 unspecified atom stereocenters. The summed E-state index contributed by atoms with van der Waals surface area (Å²) in [4.78, 5) is 1.19. The summed E-state index contributed by atoms with van der Waals surface area (Å²) in [5, 5.41) is 9.61. The number of aliphatic hydroxyl groups is 1. The average Bonchev–Trinajstić information content (AvgIpc) is 2.45. The van der Waals surface area contributed by atoms with E-state index in [1.165, 1.54) is 17.0 Å². The van der Waals surface area contributed by atoms with Gasteiger partial charge in [-0.05, 0) is 37.3 Å². The Balaban J connectivity index is 1.88. The monoisotopic (exact) mass is 292 g/mol. The van der Waals surface area contributed by atoms with Crippen molar-refractivity contribution in [3.8, 4) is 5.75 Å². The molecule has 0 heterocycles. The summed E-state index contributed by atoms with van der Waals surface area (Å²) in [6.45, 7) is 2.10. The Hall–Kier alpha value is -1.52. The summed E-state index contributed by atoms with van der Waals surface area (Å²) < 4.78 is 18.8. The molecule has 2 aromatic carbocycles. The van der Waals surface area contributed by atoms with Gasteiger partial charge in [-0.1, -0.05) is 18.2 Å².